The number of rotatable bonds is 4. The standard InChI is InChI=1S/C20H20ClN3O2/c1-13(19-22-15-8-4-6-10-18(15)26-19)23(2)17-11-12-24(20(17)25)16-9-5-3-7-14(16)21/h3-10,13,17H,11-12H2,1-2H3/t13-,17-/m0/s1. The van der Waals surface area contributed by atoms with E-state index in [1.54, 1.807) is 4.90 Å². The molecule has 0 N–H and O–H groups in total. The van der Waals surface area contributed by atoms with Gasteiger partial charge in [-0.05, 0) is 44.7 Å². The molecule has 0 saturated carbocycles. The summed E-state index contributed by atoms with van der Waals surface area (Å²) in [4.78, 5) is 21.3. The summed E-state index contributed by atoms with van der Waals surface area (Å²) in [6.07, 6.45) is 0.741. The molecule has 1 aromatic heterocycles. The molecule has 0 radical (unpaired) electrons. The van der Waals surface area contributed by atoms with Crippen molar-refractivity contribution in [3.8, 4) is 0 Å². The van der Waals surface area contributed by atoms with Crippen LogP contribution in [0.3, 0.4) is 0 Å². The molecule has 1 amide bonds. The van der Waals surface area contributed by atoms with Crippen molar-refractivity contribution < 1.29 is 9.21 Å². The van der Waals surface area contributed by atoms with E-state index in [0.29, 0.717) is 17.5 Å². The zero-order valence-corrected chi connectivity index (χ0v) is 15.5. The van der Waals surface area contributed by atoms with Gasteiger partial charge >= 0.3 is 0 Å². The van der Waals surface area contributed by atoms with Gasteiger partial charge in [0.1, 0.15) is 5.52 Å². The van der Waals surface area contributed by atoms with Crippen LogP contribution in [0.1, 0.15) is 25.3 Å². The number of likely N-dealkylation sites (N-methyl/N-ethyl adjacent to an activating group) is 1. The fraction of sp³-hybridized carbons (Fsp3) is 0.300. The van der Waals surface area contributed by atoms with Crippen molar-refractivity contribution in [2.75, 3.05) is 18.5 Å². The van der Waals surface area contributed by atoms with E-state index in [1.807, 2.05) is 67.4 Å². The molecular formula is C20H20ClN3O2. The first-order valence-corrected chi connectivity index (χ1v) is 9.07. The number of hydrogen-bond acceptors (Lipinski definition) is 4. The molecule has 1 aliphatic heterocycles. The first-order chi connectivity index (χ1) is 12.6. The summed E-state index contributed by atoms with van der Waals surface area (Å²) in [5.74, 6) is 0.682. The number of hydrogen-bond donors (Lipinski definition) is 0. The Hall–Kier alpha value is -2.37. The van der Waals surface area contributed by atoms with Gasteiger partial charge in [0.15, 0.2) is 5.58 Å². The van der Waals surface area contributed by atoms with Gasteiger partial charge in [0.25, 0.3) is 0 Å². The molecule has 5 nitrogen and oxygen atoms in total. The second kappa shape index (κ2) is 6.74. The first-order valence-electron chi connectivity index (χ1n) is 8.69. The van der Waals surface area contributed by atoms with E-state index >= 15 is 0 Å². The number of fused-ring (bicyclic) bond motifs is 1. The molecule has 3 aromatic rings. The highest BCUT2D eigenvalue weighted by Crippen LogP contribution is 2.33. The van der Waals surface area contributed by atoms with E-state index in [2.05, 4.69) is 4.98 Å². The highest BCUT2D eigenvalue weighted by molar-refractivity contribution is 6.33. The predicted octanol–water partition coefficient (Wildman–Crippen LogP) is 4.28. The molecule has 1 saturated heterocycles. The maximum absolute atomic E-state index is 13.0. The zero-order valence-electron chi connectivity index (χ0n) is 14.7. The quantitative estimate of drug-likeness (QED) is 0.688. The topological polar surface area (TPSA) is 49.6 Å². The van der Waals surface area contributed by atoms with E-state index in [9.17, 15) is 4.79 Å². The van der Waals surface area contributed by atoms with Crippen molar-refractivity contribution in [2.24, 2.45) is 0 Å². The summed E-state index contributed by atoms with van der Waals surface area (Å²) in [5, 5.41) is 0.594. The van der Waals surface area contributed by atoms with Gasteiger partial charge in [0.2, 0.25) is 11.8 Å². The minimum absolute atomic E-state index is 0.0589. The first kappa shape index (κ1) is 17.1. The van der Waals surface area contributed by atoms with Crippen molar-refractivity contribution in [1.29, 1.82) is 0 Å². The fourth-order valence-electron chi connectivity index (χ4n) is 3.47. The van der Waals surface area contributed by atoms with Crippen molar-refractivity contribution in [3.05, 3.63) is 59.4 Å². The normalized spacial score (nSPS) is 18.8. The summed E-state index contributed by atoms with van der Waals surface area (Å²) >= 11 is 6.27. The van der Waals surface area contributed by atoms with Gasteiger partial charge in [-0.15, -0.1) is 0 Å². The number of oxazole rings is 1. The van der Waals surface area contributed by atoms with Gasteiger partial charge in [0.05, 0.1) is 22.8 Å². The second-order valence-corrected chi connectivity index (χ2v) is 7.01. The van der Waals surface area contributed by atoms with Crippen LogP contribution < -0.4 is 4.90 Å². The van der Waals surface area contributed by atoms with Crippen LogP contribution in [0.4, 0.5) is 5.69 Å². The summed E-state index contributed by atoms with van der Waals surface area (Å²) < 4.78 is 5.88. The van der Waals surface area contributed by atoms with E-state index in [-0.39, 0.29) is 18.0 Å². The van der Waals surface area contributed by atoms with Crippen molar-refractivity contribution in [1.82, 2.24) is 9.88 Å². The molecule has 1 fully saturated rings. The molecule has 2 heterocycles. The predicted molar refractivity (Wildman–Crippen MR) is 102 cm³/mol. The zero-order chi connectivity index (χ0) is 18.3. The Morgan fingerprint density at radius 3 is 2.73 bits per heavy atom. The number of carbonyl (C=O) groups is 1. The lowest BCUT2D eigenvalue weighted by molar-refractivity contribution is -0.122. The number of aromatic nitrogens is 1. The van der Waals surface area contributed by atoms with Crippen LogP contribution in [-0.4, -0.2) is 35.4 Å². The minimum atomic E-state index is -0.226. The number of benzene rings is 2. The molecule has 4 rings (SSSR count). The van der Waals surface area contributed by atoms with Crippen molar-refractivity contribution >= 4 is 34.3 Å². The molecule has 1 aliphatic rings. The number of para-hydroxylation sites is 3. The van der Waals surface area contributed by atoms with E-state index in [0.717, 1.165) is 23.2 Å². The smallest absolute Gasteiger partial charge is 0.244 e. The Kier molecular flexibility index (Phi) is 4.42. The molecule has 134 valence electrons. The molecule has 6 heteroatoms. The summed E-state index contributed by atoms with van der Waals surface area (Å²) in [6, 6.07) is 14.8. The van der Waals surface area contributed by atoms with Crippen molar-refractivity contribution in [3.63, 3.8) is 0 Å². The maximum atomic E-state index is 13.0. The van der Waals surface area contributed by atoms with Crippen LogP contribution in [0.2, 0.25) is 5.02 Å². The summed E-state index contributed by atoms with van der Waals surface area (Å²) in [6.45, 7) is 2.66. The van der Waals surface area contributed by atoms with Gasteiger partial charge in [-0.25, -0.2) is 4.98 Å². The van der Waals surface area contributed by atoms with Crippen LogP contribution in [-0.2, 0) is 4.79 Å². The minimum Gasteiger partial charge on any atom is -0.439 e. The van der Waals surface area contributed by atoms with Crippen LogP contribution in [0.25, 0.3) is 11.1 Å². The van der Waals surface area contributed by atoms with Crippen LogP contribution in [0.5, 0.6) is 0 Å². The van der Waals surface area contributed by atoms with E-state index in [4.69, 9.17) is 16.0 Å². The van der Waals surface area contributed by atoms with Crippen LogP contribution >= 0.6 is 11.6 Å². The molecule has 2 atom stereocenters. The Balaban J connectivity index is 1.55. The van der Waals surface area contributed by atoms with E-state index < -0.39 is 0 Å². The lowest BCUT2D eigenvalue weighted by Crippen LogP contribution is -2.41. The molecule has 0 spiro atoms. The lowest BCUT2D eigenvalue weighted by Gasteiger charge is -2.27. The number of nitrogens with zero attached hydrogens (tertiary/aromatic N) is 3. The molecular weight excluding hydrogens is 350 g/mol. The fourth-order valence-corrected chi connectivity index (χ4v) is 3.70. The van der Waals surface area contributed by atoms with Gasteiger partial charge in [-0.1, -0.05) is 35.9 Å². The number of amides is 1. The maximum Gasteiger partial charge on any atom is 0.244 e. The highest BCUT2D eigenvalue weighted by Gasteiger charge is 2.38. The molecule has 0 bridgehead atoms. The Morgan fingerprint density at radius 2 is 1.96 bits per heavy atom. The Labute approximate surface area is 157 Å². The number of halogens is 1. The molecule has 2 aromatic carbocycles. The van der Waals surface area contributed by atoms with Gasteiger partial charge in [0, 0.05) is 6.54 Å². The number of anilines is 1. The largest absolute Gasteiger partial charge is 0.439 e. The lowest BCUT2D eigenvalue weighted by atomic mass is 10.1. The van der Waals surface area contributed by atoms with Crippen LogP contribution in [0, 0.1) is 0 Å². The molecule has 0 unspecified atom stereocenters. The third kappa shape index (κ3) is 2.87. The monoisotopic (exact) mass is 369 g/mol. The van der Waals surface area contributed by atoms with Gasteiger partial charge in [-0.2, -0.15) is 0 Å². The average Bonchev–Trinajstić information content (AvgIpc) is 3.24. The average molecular weight is 370 g/mol. The Morgan fingerprint density at radius 1 is 1.23 bits per heavy atom. The van der Waals surface area contributed by atoms with Gasteiger partial charge < -0.3 is 9.32 Å². The second-order valence-electron chi connectivity index (χ2n) is 6.61. The summed E-state index contributed by atoms with van der Waals surface area (Å²) in [7, 11) is 1.94. The molecule has 0 aliphatic carbocycles. The third-order valence-electron chi connectivity index (χ3n) is 5.09. The highest BCUT2D eigenvalue weighted by atomic mass is 35.5. The number of carbonyl (C=O) groups excluding carboxylic acids is 1. The van der Waals surface area contributed by atoms with Crippen LogP contribution in [0.15, 0.2) is 52.9 Å². The van der Waals surface area contributed by atoms with E-state index in [1.165, 1.54) is 0 Å². The SMILES string of the molecule is C[C@@H](c1nc2ccccc2o1)N(C)[C@H]1CCN(c2ccccc2Cl)C1=O. The van der Waals surface area contributed by atoms with Crippen molar-refractivity contribution in [2.45, 2.75) is 25.4 Å². The summed E-state index contributed by atoms with van der Waals surface area (Å²) in [5.41, 5.74) is 2.36. The third-order valence-corrected chi connectivity index (χ3v) is 5.41. The van der Waals surface area contributed by atoms with Gasteiger partial charge in [-0.3, -0.25) is 9.69 Å². The molecule has 26 heavy (non-hydrogen) atoms. The Bertz CT molecular complexity index is 922.